The van der Waals surface area contributed by atoms with Crippen molar-refractivity contribution in [1.29, 1.82) is 0 Å². The molecule has 0 saturated heterocycles. The van der Waals surface area contributed by atoms with Gasteiger partial charge in [0, 0.05) is 10.6 Å². The molecule has 0 radical (unpaired) electrons. The summed E-state index contributed by atoms with van der Waals surface area (Å²) in [6, 6.07) is 17.0. The van der Waals surface area contributed by atoms with E-state index in [1.807, 2.05) is 42.5 Å². The number of likely N-dealkylation sites (N-methyl/N-ethyl adjacent to an activating group) is 1. The summed E-state index contributed by atoms with van der Waals surface area (Å²) >= 11 is 12.7. The highest BCUT2D eigenvalue weighted by molar-refractivity contribution is 6.33. The Hall–Kier alpha value is -2.34. The van der Waals surface area contributed by atoms with Crippen molar-refractivity contribution >= 4 is 28.9 Å². The average molecular weight is 404 g/mol. The molecule has 140 valence electrons. The number of nitrogens with one attached hydrogen (secondary N) is 2. The SMILES string of the molecule is C[NH+](C)[C@H](CNc1cnn(-c2ccccc2)c(=O)c1Cl)c1ccccc1Cl. The molecule has 0 amide bonds. The number of hydrogen-bond acceptors (Lipinski definition) is 3. The van der Waals surface area contributed by atoms with Gasteiger partial charge in [-0.1, -0.05) is 59.6 Å². The molecular formula is C20H21Cl2N4O+. The Bertz CT molecular complexity index is 973. The maximum absolute atomic E-state index is 12.6. The number of nitrogens with zero attached hydrogens (tertiary/aromatic N) is 2. The van der Waals surface area contributed by atoms with Crippen molar-refractivity contribution in [3.63, 3.8) is 0 Å². The topological polar surface area (TPSA) is 51.4 Å². The monoisotopic (exact) mass is 403 g/mol. The molecule has 27 heavy (non-hydrogen) atoms. The van der Waals surface area contributed by atoms with Crippen LogP contribution >= 0.6 is 23.2 Å². The molecule has 5 nitrogen and oxygen atoms in total. The summed E-state index contributed by atoms with van der Waals surface area (Å²) in [4.78, 5) is 13.8. The summed E-state index contributed by atoms with van der Waals surface area (Å²) in [6.45, 7) is 0.558. The van der Waals surface area contributed by atoms with Crippen LogP contribution in [0.2, 0.25) is 10.0 Å². The second-order valence-corrected chi connectivity index (χ2v) is 7.24. The van der Waals surface area contributed by atoms with Crippen molar-refractivity contribution in [3.05, 3.63) is 86.8 Å². The number of quaternary nitrogens is 1. The highest BCUT2D eigenvalue weighted by atomic mass is 35.5. The Morgan fingerprint density at radius 2 is 1.74 bits per heavy atom. The maximum atomic E-state index is 12.6. The van der Waals surface area contributed by atoms with Crippen LogP contribution in [-0.4, -0.2) is 30.4 Å². The lowest BCUT2D eigenvalue weighted by molar-refractivity contribution is -0.890. The molecule has 0 aliphatic rings. The van der Waals surface area contributed by atoms with Crippen LogP contribution in [0.25, 0.3) is 5.69 Å². The molecule has 0 saturated carbocycles. The third-order valence-electron chi connectivity index (χ3n) is 4.39. The molecule has 2 aromatic carbocycles. The highest BCUT2D eigenvalue weighted by Crippen LogP contribution is 2.22. The Kier molecular flexibility index (Phi) is 6.16. The number of para-hydroxylation sites is 1. The van der Waals surface area contributed by atoms with E-state index in [9.17, 15) is 4.79 Å². The second kappa shape index (κ2) is 8.57. The standard InChI is InChI=1S/C20H20Cl2N4O/c1-25(2)18(15-10-6-7-11-16(15)21)13-23-17-12-24-26(20(27)19(17)22)14-8-4-3-5-9-14/h3-12,18,23H,13H2,1-2H3/p+1/t18-/m1/s1. The first-order valence-corrected chi connectivity index (χ1v) is 9.36. The Balaban J connectivity index is 1.84. The van der Waals surface area contributed by atoms with E-state index in [-0.39, 0.29) is 16.6 Å². The first-order chi connectivity index (χ1) is 13.0. The zero-order valence-electron chi connectivity index (χ0n) is 15.1. The predicted molar refractivity (Wildman–Crippen MR) is 110 cm³/mol. The van der Waals surface area contributed by atoms with Gasteiger partial charge in [0.05, 0.1) is 38.2 Å². The van der Waals surface area contributed by atoms with E-state index in [1.165, 1.54) is 9.58 Å². The molecular weight excluding hydrogens is 383 g/mol. The summed E-state index contributed by atoms with van der Waals surface area (Å²) in [6.07, 6.45) is 1.57. The van der Waals surface area contributed by atoms with E-state index >= 15 is 0 Å². The summed E-state index contributed by atoms with van der Waals surface area (Å²) < 4.78 is 1.29. The Morgan fingerprint density at radius 3 is 2.41 bits per heavy atom. The lowest BCUT2D eigenvalue weighted by Crippen LogP contribution is -3.06. The van der Waals surface area contributed by atoms with Crippen LogP contribution < -0.4 is 15.8 Å². The first-order valence-electron chi connectivity index (χ1n) is 8.60. The van der Waals surface area contributed by atoms with Crippen LogP contribution in [0.5, 0.6) is 0 Å². The molecule has 3 aromatic rings. The van der Waals surface area contributed by atoms with Gasteiger partial charge in [0.2, 0.25) is 0 Å². The molecule has 1 heterocycles. The normalized spacial score (nSPS) is 12.2. The van der Waals surface area contributed by atoms with Crippen LogP contribution in [0.3, 0.4) is 0 Å². The maximum Gasteiger partial charge on any atom is 0.292 e. The zero-order chi connectivity index (χ0) is 19.4. The minimum Gasteiger partial charge on any atom is -0.376 e. The van der Waals surface area contributed by atoms with E-state index < -0.39 is 0 Å². The van der Waals surface area contributed by atoms with Crippen molar-refractivity contribution in [2.24, 2.45) is 0 Å². The van der Waals surface area contributed by atoms with E-state index in [1.54, 1.807) is 18.3 Å². The van der Waals surface area contributed by atoms with Gasteiger partial charge in [-0.05, 0) is 18.2 Å². The minimum absolute atomic E-state index is 0.0892. The molecule has 0 aliphatic carbocycles. The molecule has 0 bridgehead atoms. The smallest absolute Gasteiger partial charge is 0.292 e. The molecule has 0 aliphatic heterocycles. The van der Waals surface area contributed by atoms with Crippen LogP contribution in [0.4, 0.5) is 5.69 Å². The molecule has 3 rings (SSSR count). The van der Waals surface area contributed by atoms with Gasteiger partial charge < -0.3 is 10.2 Å². The van der Waals surface area contributed by atoms with Crippen molar-refractivity contribution in [2.75, 3.05) is 26.0 Å². The van der Waals surface area contributed by atoms with Crippen LogP contribution in [0.15, 0.2) is 65.6 Å². The number of anilines is 1. The molecule has 0 fully saturated rings. The van der Waals surface area contributed by atoms with Gasteiger partial charge in [-0.15, -0.1) is 0 Å². The fraction of sp³-hybridized carbons (Fsp3) is 0.200. The van der Waals surface area contributed by atoms with Crippen LogP contribution in [-0.2, 0) is 0 Å². The van der Waals surface area contributed by atoms with Gasteiger partial charge in [0.25, 0.3) is 5.56 Å². The number of halogens is 2. The minimum atomic E-state index is -0.362. The number of hydrogen-bond donors (Lipinski definition) is 2. The Morgan fingerprint density at radius 1 is 1.07 bits per heavy atom. The lowest BCUT2D eigenvalue weighted by Gasteiger charge is -2.23. The van der Waals surface area contributed by atoms with E-state index in [4.69, 9.17) is 23.2 Å². The van der Waals surface area contributed by atoms with Gasteiger partial charge in [-0.3, -0.25) is 4.79 Å². The molecule has 1 atom stereocenters. The van der Waals surface area contributed by atoms with Gasteiger partial charge >= 0.3 is 0 Å². The summed E-state index contributed by atoms with van der Waals surface area (Å²) in [7, 11) is 4.12. The number of benzene rings is 2. The fourth-order valence-electron chi connectivity index (χ4n) is 2.90. The summed E-state index contributed by atoms with van der Waals surface area (Å²) in [5.74, 6) is 0. The van der Waals surface area contributed by atoms with E-state index in [0.29, 0.717) is 22.9 Å². The molecule has 7 heteroatoms. The summed E-state index contributed by atoms with van der Waals surface area (Å²) in [5, 5.41) is 8.33. The van der Waals surface area contributed by atoms with Crippen molar-refractivity contribution < 1.29 is 4.90 Å². The molecule has 1 aromatic heterocycles. The van der Waals surface area contributed by atoms with Crippen LogP contribution in [0.1, 0.15) is 11.6 Å². The largest absolute Gasteiger partial charge is 0.376 e. The summed E-state index contributed by atoms with van der Waals surface area (Å²) in [5.41, 5.74) is 1.85. The zero-order valence-corrected chi connectivity index (χ0v) is 16.6. The van der Waals surface area contributed by atoms with Crippen molar-refractivity contribution in [2.45, 2.75) is 6.04 Å². The average Bonchev–Trinajstić information content (AvgIpc) is 2.67. The van der Waals surface area contributed by atoms with Crippen molar-refractivity contribution in [1.82, 2.24) is 9.78 Å². The van der Waals surface area contributed by atoms with E-state index in [0.717, 1.165) is 5.56 Å². The fourth-order valence-corrected chi connectivity index (χ4v) is 3.37. The van der Waals surface area contributed by atoms with Gasteiger partial charge in [0.15, 0.2) is 0 Å². The van der Waals surface area contributed by atoms with Gasteiger partial charge in [-0.2, -0.15) is 9.78 Å². The van der Waals surface area contributed by atoms with Gasteiger partial charge in [0.1, 0.15) is 11.1 Å². The lowest BCUT2D eigenvalue weighted by atomic mass is 10.1. The molecule has 0 spiro atoms. The molecule has 0 unspecified atom stereocenters. The third kappa shape index (κ3) is 4.33. The first kappa shape index (κ1) is 19.4. The van der Waals surface area contributed by atoms with Gasteiger partial charge in [-0.25, -0.2) is 0 Å². The van der Waals surface area contributed by atoms with Crippen molar-refractivity contribution in [3.8, 4) is 5.69 Å². The third-order valence-corrected chi connectivity index (χ3v) is 5.10. The highest BCUT2D eigenvalue weighted by Gasteiger charge is 2.21. The quantitative estimate of drug-likeness (QED) is 0.665. The molecule has 2 N–H and O–H groups in total. The second-order valence-electron chi connectivity index (χ2n) is 6.46. The number of rotatable bonds is 6. The Labute approximate surface area is 168 Å². The van der Waals surface area contributed by atoms with E-state index in [2.05, 4.69) is 24.5 Å². The predicted octanol–water partition coefficient (Wildman–Crippen LogP) is 2.84. The van der Waals surface area contributed by atoms with Crippen LogP contribution in [0, 0.1) is 0 Å². The number of aromatic nitrogens is 2.